The molecular weight excluding hydrogens is 334 g/mol. The molecule has 25 heavy (non-hydrogen) atoms. The highest BCUT2D eigenvalue weighted by Crippen LogP contribution is 2.44. The van der Waals surface area contributed by atoms with Crippen molar-refractivity contribution in [1.82, 2.24) is 4.90 Å². The second-order valence-corrected chi connectivity index (χ2v) is 8.09. The van der Waals surface area contributed by atoms with Gasteiger partial charge in [-0.3, -0.25) is 9.59 Å². The summed E-state index contributed by atoms with van der Waals surface area (Å²) in [5.41, 5.74) is 0. The van der Waals surface area contributed by atoms with E-state index in [4.69, 9.17) is 0 Å². The number of carboxylic acids is 1. The molecule has 2 aromatic rings. The third-order valence-corrected chi connectivity index (χ3v) is 6.32. The van der Waals surface area contributed by atoms with Crippen LogP contribution in [0.1, 0.15) is 12.8 Å². The Hall–Kier alpha value is -2.01. The predicted octanol–water partition coefficient (Wildman–Crippen LogP) is 3.50. The van der Waals surface area contributed by atoms with Gasteiger partial charge in [0.25, 0.3) is 0 Å². The molecule has 2 aliphatic rings. The predicted molar refractivity (Wildman–Crippen MR) is 98.6 cm³/mol. The number of carbonyl (C=O) groups is 2. The van der Waals surface area contributed by atoms with Gasteiger partial charge in [0, 0.05) is 18.0 Å². The summed E-state index contributed by atoms with van der Waals surface area (Å²) in [5, 5.41) is 11.8. The third-order valence-electron chi connectivity index (χ3n) is 5.35. The second kappa shape index (κ2) is 6.71. The fraction of sp³-hybridized carbons (Fsp3) is 0.400. The van der Waals surface area contributed by atoms with Gasteiger partial charge in [-0.25, -0.2) is 0 Å². The van der Waals surface area contributed by atoms with Gasteiger partial charge in [-0.15, -0.1) is 11.8 Å². The monoisotopic (exact) mass is 355 g/mol. The van der Waals surface area contributed by atoms with Crippen molar-refractivity contribution in [2.45, 2.75) is 17.7 Å². The summed E-state index contributed by atoms with van der Waals surface area (Å²) in [6.45, 7) is 0.979. The minimum absolute atomic E-state index is 0.0487. The maximum Gasteiger partial charge on any atom is 0.308 e. The minimum atomic E-state index is -0.755. The van der Waals surface area contributed by atoms with E-state index in [0.29, 0.717) is 24.8 Å². The molecule has 0 radical (unpaired) electrons. The molecule has 0 spiro atoms. The Kier molecular flexibility index (Phi) is 4.42. The molecule has 1 saturated heterocycles. The lowest BCUT2D eigenvalue weighted by Gasteiger charge is -2.16. The number of nitrogens with zero attached hydrogens (tertiary/aromatic N) is 1. The topological polar surface area (TPSA) is 57.6 Å². The zero-order valence-electron chi connectivity index (χ0n) is 13.9. The fourth-order valence-corrected chi connectivity index (χ4v) is 4.64. The third kappa shape index (κ3) is 3.52. The van der Waals surface area contributed by atoms with Gasteiger partial charge in [0.05, 0.1) is 11.7 Å². The van der Waals surface area contributed by atoms with E-state index in [1.54, 1.807) is 4.90 Å². The zero-order chi connectivity index (χ0) is 17.4. The normalized spacial score (nSPS) is 23.1. The Bertz CT molecular complexity index is 817. The van der Waals surface area contributed by atoms with E-state index >= 15 is 0 Å². The summed E-state index contributed by atoms with van der Waals surface area (Å²) < 4.78 is 0. The number of benzene rings is 2. The summed E-state index contributed by atoms with van der Waals surface area (Å²) in [7, 11) is 0. The Labute approximate surface area is 151 Å². The van der Waals surface area contributed by atoms with E-state index in [0.717, 1.165) is 17.7 Å². The van der Waals surface area contributed by atoms with E-state index in [-0.39, 0.29) is 17.7 Å². The van der Waals surface area contributed by atoms with Gasteiger partial charge in [-0.2, -0.15) is 0 Å². The highest BCUT2D eigenvalue weighted by molar-refractivity contribution is 8.00. The van der Waals surface area contributed by atoms with Gasteiger partial charge in [0.1, 0.15) is 0 Å². The van der Waals surface area contributed by atoms with Crippen LogP contribution in [0.4, 0.5) is 0 Å². The summed E-state index contributed by atoms with van der Waals surface area (Å²) in [4.78, 5) is 26.9. The summed E-state index contributed by atoms with van der Waals surface area (Å²) in [5.74, 6) is -0.0783. The van der Waals surface area contributed by atoms with Crippen LogP contribution < -0.4 is 0 Å². The van der Waals surface area contributed by atoms with Crippen LogP contribution in [0.15, 0.2) is 47.4 Å². The molecule has 1 N–H and O–H groups in total. The molecule has 130 valence electrons. The number of hydrogen-bond donors (Lipinski definition) is 1. The lowest BCUT2D eigenvalue weighted by molar-refractivity contribution is -0.142. The van der Waals surface area contributed by atoms with Gasteiger partial charge in [-0.1, -0.05) is 30.3 Å². The number of carboxylic acid groups (broad SMARTS) is 1. The molecule has 1 heterocycles. The largest absolute Gasteiger partial charge is 0.481 e. The molecular formula is C20H21NO3S. The molecule has 1 aliphatic heterocycles. The van der Waals surface area contributed by atoms with Crippen LogP contribution in [-0.2, 0) is 9.59 Å². The van der Waals surface area contributed by atoms with Gasteiger partial charge >= 0.3 is 5.97 Å². The first-order valence-electron chi connectivity index (χ1n) is 8.74. The number of amides is 1. The van der Waals surface area contributed by atoms with Crippen molar-refractivity contribution in [2.24, 2.45) is 17.8 Å². The van der Waals surface area contributed by atoms with Gasteiger partial charge in [0.2, 0.25) is 5.91 Å². The molecule has 2 aromatic carbocycles. The molecule has 1 saturated carbocycles. The van der Waals surface area contributed by atoms with Crippen LogP contribution in [0.25, 0.3) is 10.8 Å². The number of carbonyl (C=O) groups excluding carboxylic acids is 1. The number of fused-ring (bicyclic) bond motifs is 1. The molecule has 5 heteroatoms. The first kappa shape index (κ1) is 16.5. The van der Waals surface area contributed by atoms with Crippen LogP contribution in [-0.4, -0.2) is 40.7 Å². The van der Waals surface area contributed by atoms with E-state index in [1.807, 2.05) is 18.2 Å². The molecule has 0 aromatic heterocycles. The molecule has 4 rings (SSSR count). The number of thioether (sulfide) groups is 1. The van der Waals surface area contributed by atoms with E-state index in [9.17, 15) is 14.7 Å². The van der Waals surface area contributed by atoms with Crippen LogP contribution in [0.5, 0.6) is 0 Å². The van der Waals surface area contributed by atoms with E-state index < -0.39 is 5.97 Å². The second-order valence-electron chi connectivity index (χ2n) is 7.04. The van der Waals surface area contributed by atoms with Gasteiger partial charge in [0.15, 0.2) is 0 Å². The maximum atomic E-state index is 12.6. The number of hydrogen-bond acceptors (Lipinski definition) is 3. The number of aliphatic carboxylic acids is 1. The fourth-order valence-electron chi connectivity index (χ4n) is 3.79. The minimum Gasteiger partial charge on any atom is -0.481 e. The number of rotatable bonds is 5. The van der Waals surface area contributed by atoms with Crippen molar-refractivity contribution in [3.63, 3.8) is 0 Å². The quantitative estimate of drug-likeness (QED) is 0.834. The Morgan fingerprint density at radius 2 is 1.84 bits per heavy atom. The average molecular weight is 355 g/mol. The molecule has 0 unspecified atom stereocenters. The molecule has 0 bridgehead atoms. The van der Waals surface area contributed by atoms with Crippen LogP contribution in [0.3, 0.4) is 0 Å². The zero-order valence-corrected chi connectivity index (χ0v) is 14.7. The lowest BCUT2D eigenvalue weighted by Crippen LogP contribution is -2.31. The van der Waals surface area contributed by atoms with Crippen molar-refractivity contribution in [3.8, 4) is 0 Å². The van der Waals surface area contributed by atoms with E-state index in [1.165, 1.54) is 22.5 Å². The molecule has 2 atom stereocenters. The summed E-state index contributed by atoms with van der Waals surface area (Å²) in [6.07, 6.45) is 2.23. The lowest BCUT2D eigenvalue weighted by atomic mass is 9.92. The molecule has 1 aliphatic carbocycles. The Morgan fingerprint density at radius 1 is 1.08 bits per heavy atom. The molecule has 2 fully saturated rings. The van der Waals surface area contributed by atoms with Crippen LogP contribution >= 0.6 is 11.8 Å². The Balaban J connectivity index is 1.39. The highest BCUT2D eigenvalue weighted by atomic mass is 32.2. The van der Waals surface area contributed by atoms with Crippen molar-refractivity contribution < 1.29 is 14.7 Å². The van der Waals surface area contributed by atoms with Crippen molar-refractivity contribution >= 4 is 34.4 Å². The molecule has 1 amide bonds. The summed E-state index contributed by atoms with van der Waals surface area (Å²) in [6, 6.07) is 14.4. The first-order valence-corrected chi connectivity index (χ1v) is 9.72. The average Bonchev–Trinajstić information content (AvgIpc) is 3.37. The number of likely N-dealkylation sites (tertiary alicyclic amines) is 1. The van der Waals surface area contributed by atoms with Crippen molar-refractivity contribution in [1.29, 1.82) is 0 Å². The maximum absolute atomic E-state index is 12.6. The Morgan fingerprint density at radius 3 is 2.56 bits per heavy atom. The highest BCUT2D eigenvalue weighted by Gasteiger charge is 2.46. The summed E-state index contributed by atoms with van der Waals surface area (Å²) >= 11 is 1.53. The van der Waals surface area contributed by atoms with E-state index in [2.05, 4.69) is 24.3 Å². The molecule has 4 nitrogen and oxygen atoms in total. The first-order chi connectivity index (χ1) is 12.1. The SMILES string of the molecule is O=C(O)[C@H]1CN(C(=O)CSc2ccc3ccccc3c2)C[C@@H]1C1CC1. The van der Waals surface area contributed by atoms with Gasteiger partial charge in [-0.05, 0) is 47.6 Å². The van der Waals surface area contributed by atoms with Crippen LogP contribution in [0.2, 0.25) is 0 Å². The van der Waals surface area contributed by atoms with Crippen molar-refractivity contribution in [3.05, 3.63) is 42.5 Å². The smallest absolute Gasteiger partial charge is 0.308 e. The van der Waals surface area contributed by atoms with Crippen LogP contribution in [0, 0.1) is 17.8 Å². The standard InChI is InChI=1S/C20H21NO3S/c22-19(21-10-17(14-5-6-14)18(11-21)20(23)24)12-25-16-8-7-13-3-1-2-4-15(13)9-16/h1-4,7-9,14,17-18H,5-6,10-12H2,(H,23,24)/t17-,18+/m1/s1. The van der Waals surface area contributed by atoms with Crippen molar-refractivity contribution in [2.75, 3.05) is 18.8 Å². The van der Waals surface area contributed by atoms with Gasteiger partial charge < -0.3 is 10.0 Å².